The van der Waals surface area contributed by atoms with Crippen LogP contribution in [0.2, 0.25) is 0 Å². The normalized spacial score (nSPS) is 20.4. The Balaban J connectivity index is 0.00000648. The zero-order valence-corrected chi connectivity index (χ0v) is 21.1. The molecule has 3 atom stereocenters. The standard InChI is InChI=1S/C23H37N7O5.H2O/c1-16-15-29(12-9-23(16,3)18-6-4-7-19(32)14-18)13-11-25-21(33)20(27-17(2)31)8-5-10-26-22(24)28-30(34)35;/h4,6-7,14,16,20,32H,5,8-13,15H2,1-3H3,(H,25,33)(H,27,31)(H3,24,26,28);1H2. The summed E-state index contributed by atoms with van der Waals surface area (Å²) in [6, 6.07) is 6.73. The average molecular weight is 510 g/mol. The number of carbonyl (C=O) groups is 2. The SMILES string of the molecule is CC(=O)NC(CCCNC(=N)N[N+](=O)[O-])C(=O)NCCN1CCC(C)(c2cccc(O)c2)C(C)C1.O. The summed E-state index contributed by atoms with van der Waals surface area (Å²) in [5, 5.41) is 34.8. The summed E-state index contributed by atoms with van der Waals surface area (Å²) in [5.41, 5.74) is 2.80. The smallest absolute Gasteiger partial charge is 0.251 e. The third-order valence-corrected chi connectivity index (χ3v) is 6.67. The molecule has 0 radical (unpaired) electrons. The van der Waals surface area contributed by atoms with Crippen LogP contribution in [0.25, 0.3) is 0 Å². The van der Waals surface area contributed by atoms with Crippen molar-refractivity contribution >= 4 is 17.8 Å². The van der Waals surface area contributed by atoms with Gasteiger partial charge in [0, 0.05) is 33.1 Å². The summed E-state index contributed by atoms with van der Waals surface area (Å²) in [5.74, 6) is -0.411. The van der Waals surface area contributed by atoms with Gasteiger partial charge in [-0.2, -0.15) is 0 Å². The molecular weight excluding hydrogens is 470 g/mol. The highest BCUT2D eigenvalue weighted by molar-refractivity contribution is 5.86. The number of hydrazine groups is 1. The Morgan fingerprint density at radius 2 is 2.06 bits per heavy atom. The molecule has 1 aromatic rings. The van der Waals surface area contributed by atoms with E-state index in [1.807, 2.05) is 12.1 Å². The first-order valence-electron chi connectivity index (χ1n) is 11.8. The molecule has 0 spiro atoms. The quantitative estimate of drug-likeness (QED) is 0.0777. The van der Waals surface area contributed by atoms with E-state index >= 15 is 0 Å². The number of likely N-dealkylation sites (tertiary alicyclic amines) is 1. The zero-order valence-electron chi connectivity index (χ0n) is 21.1. The van der Waals surface area contributed by atoms with Gasteiger partial charge in [-0.05, 0) is 54.8 Å². The Morgan fingerprint density at radius 3 is 2.67 bits per heavy atom. The Morgan fingerprint density at radius 1 is 1.33 bits per heavy atom. The third-order valence-electron chi connectivity index (χ3n) is 6.67. The van der Waals surface area contributed by atoms with Crippen LogP contribution in [0, 0.1) is 21.4 Å². The molecule has 0 aliphatic carbocycles. The van der Waals surface area contributed by atoms with Gasteiger partial charge in [0.05, 0.1) is 0 Å². The van der Waals surface area contributed by atoms with Crippen molar-refractivity contribution in [2.75, 3.05) is 32.7 Å². The molecule has 3 unspecified atom stereocenters. The van der Waals surface area contributed by atoms with Gasteiger partial charge in [-0.15, -0.1) is 0 Å². The highest BCUT2D eigenvalue weighted by Gasteiger charge is 2.38. The van der Waals surface area contributed by atoms with Gasteiger partial charge in [0.15, 0.2) is 5.03 Å². The van der Waals surface area contributed by atoms with E-state index in [2.05, 4.69) is 40.8 Å². The van der Waals surface area contributed by atoms with Crippen molar-refractivity contribution < 1.29 is 25.2 Å². The summed E-state index contributed by atoms with van der Waals surface area (Å²) in [7, 11) is 0. The maximum Gasteiger partial charge on any atom is 0.251 e. The topological polar surface area (TPSA) is 204 Å². The molecule has 1 aliphatic heterocycles. The van der Waals surface area contributed by atoms with E-state index in [1.165, 1.54) is 6.92 Å². The van der Waals surface area contributed by atoms with E-state index in [0.29, 0.717) is 31.8 Å². The Hall–Kier alpha value is -3.45. The first-order valence-corrected chi connectivity index (χ1v) is 11.8. The second-order valence-electron chi connectivity index (χ2n) is 9.28. The summed E-state index contributed by atoms with van der Waals surface area (Å²) in [6.45, 7) is 8.89. The number of phenolic OH excluding ortho intramolecular Hbond substituents is 1. The van der Waals surface area contributed by atoms with Crippen LogP contribution in [0.5, 0.6) is 5.75 Å². The Labute approximate surface area is 210 Å². The van der Waals surface area contributed by atoms with Gasteiger partial charge in [-0.1, -0.05) is 31.4 Å². The van der Waals surface area contributed by atoms with Crippen molar-refractivity contribution in [3.05, 3.63) is 39.9 Å². The fourth-order valence-electron chi connectivity index (χ4n) is 4.43. The second-order valence-corrected chi connectivity index (χ2v) is 9.28. The predicted molar refractivity (Wildman–Crippen MR) is 135 cm³/mol. The Bertz CT molecular complexity index is 915. The number of phenols is 1. The van der Waals surface area contributed by atoms with E-state index < -0.39 is 17.0 Å². The largest absolute Gasteiger partial charge is 0.508 e. The molecule has 0 aromatic heterocycles. The number of hydrogen-bond acceptors (Lipinski definition) is 7. The van der Waals surface area contributed by atoms with Crippen molar-refractivity contribution in [1.29, 1.82) is 5.41 Å². The summed E-state index contributed by atoms with van der Waals surface area (Å²) in [6.07, 6.45) is 1.69. The molecule has 8 N–H and O–H groups in total. The predicted octanol–water partition coefficient (Wildman–Crippen LogP) is -0.126. The van der Waals surface area contributed by atoms with Gasteiger partial charge in [-0.3, -0.25) is 15.0 Å². The molecule has 1 heterocycles. The van der Waals surface area contributed by atoms with Crippen LogP contribution in [0.15, 0.2) is 24.3 Å². The lowest BCUT2D eigenvalue weighted by atomic mass is 9.68. The highest BCUT2D eigenvalue weighted by Crippen LogP contribution is 2.40. The van der Waals surface area contributed by atoms with E-state index in [9.17, 15) is 24.8 Å². The minimum Gasteiger partial charge on any atom is -0.508 e. The maximum absolute atomic E-state index is 12.6. The molecule has 202 valence electrons. The van der Waals surface area contributed by atoms with Gasteiger partial charge < -0.3 is 31.4 Å². The molecule has 0 bridgehead atoms. The maximum atomic E-state index is 12.6. The summed E-state index contributed by atoms with van der Waals surface area (Å²) in [4.78, 5) is 36.8. The number of benzene rings is 1. The van der Waals surface area contributed by atoms with Crippen molar-refractivity contribution in [3.63, 3.8) is 0 Å². The van der Waals surface area contributed by atoms with Gasteiger partial charge in [0.25, 0.3) is 5.96 Å². The molecule has 0 saturated carbocycles. The van der Waals surface area contributed by atoms with E-state index in [-0.39, 0.29) is 35.0 Å². The van der Waals surface area contributed by atoms with Crippen LogP contribution in [0.1, 0.15) is 45.6 Å². The molecule has 1 aliphatic rings. The molecule has 13 nitrogen and oxygen atoms in total. The molecule has 1 aromatic carbocycles. The van der Waals surface area contributed by atoms with E-state index in [0.717, 1.165) is 25.1 Å². The second kappa shape index (κ2) is 14.2. The number of rotatable bonds is 11. The molecule has 13 heteroatoms. The van der Waals surface area contributed by atoms with Crippen LogP contribution in [0.3, 0.4) is 0 Å². The summed E-state index contributed by atoms with van der Waals surface area (Å²) < 4.78 is 0. The monoisotopic (exact) mass is 509 g/mol. The molecule has 36 heavy (non-hydrogen) atoms. The fourth-order valence-corrected chi connectivity index (χ4v) is 4.43. The lowest BCUT2D eigenvalue weighted by Gasteiger charge is -2.45. The van der Waals surface area contributed by atoms with Crippen LogP contribution in [-0.4, -0.2) is 77.1 Å². The third kappa shape index (κ3) is 9.30. The minimum absolute atomic E-state index is 0. The first-order chi connectivity index (χ1) is 16.5. The van der Waals surface area contributed by atoms with Crippen molar-refractivity contribution in [1.82, 2.24) is 26.3 Å². The lowest BCUT2D eigenvalue weighted by molar-refractivity contribution is -0.525. The van der Waals surface area contributed by atoms with Gasteiger partial charge in [0.1, 0.15) is 11.8 Å². The number of guanidine groups is 1. The lowest BCUT2D eigenvalue weighted by Crippen LogP contribution is -2.51. The number of piperidine rings is 1. The zero-order chi connectivity index (χ0) is 26.0. The van der Waals surface area contributed by atoms with E-state index in [1.54, 1.807) is 11.5 Å². The molecule has 2 amide bonds. The summed E-state index contributed by atoms with van der Waals surface area (Å²) >= 11 is 0. The number of carbonyl (C=O) groups excluding carboxylic acids is 2. The fraction of sp³-hybridized carbons (Fsp3) is 0.609. The van der Waals surface area contributed by atoms with Crippen LogP contribution in [-0.2, 0) is 15.0 Å². The van der Waals surface area contributed by atoms with Crippen molar-refractivity contribution in [3.8, 4) is 5.75 Å². The number of nitro groups is 1. The number of amides is 2. The average Bonchev–Trinajstić information content (AvgIpc) is 2.77. The molecule has 1 saturated heterocycles. The molecular formula is C23H39N7O6. The first kappa shape index (κ1) is 30.6. The van der Waals surface area contributed by atoms with Crippen LogP contribution in [0.4, 0.5) is 0 Å². The van der Waals surface area contributed by atoms with Gasteiger partial charge >= 0.3 is 0 Å². The molecule has 2 rings (SSSR count). The van der Waals surface area contributed by atoms with Crippen molar-refractivity contribution in [2.45, 2.75) is 51.5 Å². The number of hydrogen-bond donors (Lipinski definition) is 6. The molecule has 1 fully saturated rings. The number of nitrogens with one attached hydrogen (secondary N) is 5. The number of aromatic hydroxyl groups is 1. The Kier molecular flexibility index (Phi) is 12.1. The van der Waals surface area contributed by atoms with Crippen LogP contribution < -0.4 is 21.4 Å². The number of nitrogens with zero attached hydrogens (tertiary/aromatic N) is 2. The van der Waals surface area contributed by atoms with Crippen LogP contribution >= 0.6 is 0 Å². The van der Waals surface area contributed by atoms with E-state index in [4.69, 9.17) is 5.41 Å². The van der Waals surface area contributed by atoms with Gasteiger partial charge in [-0.25, -0.2) is 10.1 Å². The van der Waals surface area contributed by atoms with Crippen molar-refractivity contribution in [2.24, 2.45) is 5.92 Å². The van der Waals surface area contributed by atoms with Gasteiger partial charge in [0.2, 0.25) is 11.8 Å². The minimum atomic E-state index is -0.834. The highest BCUT2D eigenvalue weighted by atomic mass is 16.7.